The second kappa shape index (κ2) is 5.94. The Bertz CT molecular complexity index is 1110. The molecule has 0 amide bonds. The highest BCUT2D eigenvalue weighted by Gasteiger charge is 2.14. The molecule has 0 unspecified atom stereocenters. The van der Waals surface area contributed by atoms with Gasteiger partial charge in [0.15, 0.2) is 5.43 Å². The van der Waals surface area contributed by atoms with E-state index in [2.05, 4.69) is 0 Å². The number of thiophene rings is 1. The minimum Gasteiger partial charge on any atom is -0.455 e. The van der Waals surface area contributed by atoms with Gasteiger partial charge in [0.2, 0.25) is 5.76 Å². The van der Waals surface area contributed by atoms with Crippen molar-refractivity contribution in [3.8, 4) is 0 Å². The van der Waals surface area contributed by atoms with E-state index in [4.69, 9.17) is 9.15 Å². The van der Waals surface area contributed by atoms with Crippen molar-refractivity contribution in [2.24, 2.45) is 0 Å². The van der Waals surface area contributed by atoms with Gasteiger partial charge in [-0.3, -0.25) is 4.79 Å². The second-order valence-corrected chi connectivity index (χ2v) is 6.22. The molecule has 4 aromatic rings. The molecule has 5 heteroatoms. The molecular weight excluding hydrogens is 324 g/mol. The Morgan fingerprint density at radius 3 is 2.67 bits per heavy atom. The lowest BCUT2D eigenvalue weighted by Gasteiger charge is -2.04. The molecule has 0 aliphatic heterocycles. The van der Waals surface area contributed by atoms with Crippen molar-refractivity contribution in [1.29, 1.82) is 0 Å². The lowest BCUT2D eigenvalue weighted by molar-refractivity contribution is 0.0438. The Morgan fingerprint density at radius 1 is 1.04 bits per heavy atom. The van der Waals surface area contributed by atoms with Crippen LogP contribution in [0.1, 0.15) is 16.1 Å². The number of hydrogen-bond acceptors (Lipinski definition) is 5. The molecule has 4 nitrogen and oxygen atoms in total. The van der Waals surface area contributed by atoms with E-state index in [-0.39, 0.29) is 17.8 Å². The second-order valence-electron chi connectivity index (χ2n) is 5.30. The van der Waals surface area contributed by atoms with E-state index in [1.54, 1.807) is 35.6 Å². The number of carbonyl (C=O) groups excluding carboxylic acids is 1. The predicted molar refractivity (Wildman–Crippen MR) is 93.4 cm³/mol. The van der Waals surface area contributed by atoms with Crippen LogP contribution in [-0.4, -0.2) is 5.97 Å². The zero-order valence-electron chi connectivity index (χ0n) is 12.5. The third kappa shape index (κ3) is 2.59. The maximum absolute atomic E-state index is 12.2. The molecule has 0 N–H and O–H groups in total. The normalized spacial score (nSPS) is 11.0. The van der Waals surface area contributed by atoms with Crippen LogP contribution in [0.15, 0.2) is 69.2 Å². The van der Waals surface area contributed by atoms with Crippen molar-refractivity contribution < 1.29 is 13.9 Å². The third-order valence-corrected chi connectivity index (χ3v) is 4.77. The zero-order valence-corrected chi connectivity index (χ0v) is 13.3. The molecule has 2 heterocycles. The van der Waals surface area contributed by atoms with Crippen molar-refractivity contribution in [3.63, 3.8) is 0 Å². The Morgan fingerprint density at radius 2 is 1.79 bits per heavy atom. The summed E-state index contributed by atoms with van der Waals surface area (Å²) in [5, 5.41) is 3.47. The summed E-state index contributed by atoms with van der Waals surface area (Å²) in [6.45, 7) is 0.138. The van der Waals surface area contributed by atoms with Crippen molar-refractivity contribution in [3.05, 3.63) is 81.5 Å². The fourth-order valence-electron chi connectivity index (χ4n) is 2.56. The standard InChI is InChI=1S/C19H12O4S/c20-15-9-17(23-16-7-3-1-6-14(15)16)19(21)22-10-12-11-24-18-8-4-2-5-13(12)18/h1-9,11H,10H2. The summed E-state index contributed by atoms with van der Waals surface area (Å²) in [7, 11) is 0. The summed E-state index contributed by atoms with van der Waals surface area (Å²) in [6.07, 6.45) is 0. The van der Waals surface area contributed by atoms with Gasteiger partial charge in [0, 0.05) is 16.3 Å². The van der Waals surface area contributed by atoms with Gasteiger partial charge < -0.3 is 9.15 Å². The molecule has 0 radical (unpaired) electrons. The molecule has 2 aromatic carbocycles. The van der Waals surface area contributed by atoms with Crippen molar-refractivity contribution in [1.82, 2.24) is 0 Å². The van der Waals surface area contributed by atoms with Crippen LogP contribution in [0.5, 0.6) is 0 Å². The van der Waals surface area contributed by atoms with E-state index < -0.39 is 5.97 Å². The number of ether oxygens (including phenoxy) is 1. The van der Waals surface area contributed by atoms with E-state index >= 15 is 0 Å². The van der Waals surface area contributed by atoms with Crippen molar-refractivity contribution in [2.75, 3.05) is 0 Å². The highest BCUT2D eigenvalue weighted by molar-refractivity contribution is 7.17. The van der Waals surface area contributed by atoms with E-state index in [1.165, 1.54) is 6.07 Å². The smallest absolute Gasteiger partial charge is 0.374 e. The molecular formula is C19H12O4S. The molecule has 0 spiro atoms. The number of carbonyl (C=O) groups is 1. The van der Waals surface area contributed by atoms with Gasteiger partial charge in [-0.2, -0.15) is 0 Å². The van der Waals surface area contributed by atoms with Gasteiger partial charge in [0.25, 0.3) is 0 Å². The first-order valence-electron chi connectivity index (χ1n) is 7.37. The lowest BCUT2D eigenvalue weighted by Crippen LogP contribution is -2.10. The number of hydrogen-bond donors (Lipinski definition) is 0. The fraction of sp³-hybridized carbons (Fsp3) is 0.0526. The van der Waals surface area contributed by atoms with Crippen LogP contribution in [0, 0.1) is 0 Å². The van der Waals surface area contributed by atoms with Crippen LogP contribution in [0.4, 0.5) is 0 Å². The average molecular weight is 336 g/mol. The Labute approximate surface area is 140 Å². The predicted octanol–water partition coefficient (Wildman–Crippen LogP) is 4.36. The topological polar surface area (TPSA) is 56.5 Å². The Kier molecular flexibility index (Phi) is 3.63. The highest BCUT2D eigenvalue weighted by atomic mass is 32.1. The van der Waals surface area contributed by atoms with Gasteiger partial charge >= 0.3 is 5.97 Å². The molecule has 24 heavy (non-hydrogen) atoms. The minimum absolute atomic E-state index is 0.0850. The largest absolute Gasteiger partial charge is 0.455 e. The van der Waals surface area contributed by atoms with E-state index in [0.29, 0.717) is 11.0 Å². The first-order chi connectivity index (χ1) is 11.7. The summed E-state index contributed by atoms with van der Waals surface area (Å²) < 4.78 is 11.9. The molecule has 2 aromatic heterocycles. The number of rotatable bonds is 3. The van der Waals surface area contributed by atoms with Crippen LogP contribution in [0.25, 0.3) is 21.1 Å². The molecule has 0 saturated heterocycles. The van der Waals surface area contributed by atoms with Gasteiger partial charge in [-0.05, 0) is 29.0 Å². The van der Waals surface area contributed by atoms with Crippen LogP contribution < -0.4 is 5.43 Å². The molecule has 0 fully saturated rings. The number of para-hydroxylation sites is 1. The summed E-state index contributed by atoms with van der Waals surface area (Å²) in [5.74, 6) is -0.730. The summed E-state index contributed by atoms with van der Waals surface area (Å²) in [5.41, 5.74) is 1.05. The molecule has 0 atom stereocenters. The Balaban J connectivity index is 1.59. The van der Waals surface area contributed by atoms with Gasteiger partial charge in [0.1, 0.15) is 12.2 Å². The monoisotopic (exact) mass is 336 g/mol. The first kappa shape index (κ1) is 14.7. The van der Waals surface area contributed by atoms with Crippen LogP contribution in [0.2, 0.25) is 0 Å². The summed E-state index contributed by atoms with van der Waals surface area (Å²) >= 11 is 1.60. The summed E-state index contributed by atoms with van der Waals surface area (Å²) in [4.78, 5) is 24.3. The minimum atomic E-state index is -0.645. The van der Waals surface area contributed by atoms with Crippen LogP contribution in [-0.2, 0) is 11.3 Å². The SMILES string of the molecule is O=C(OCc1csc2ccccc12)c1cc(=O)c2ccccc2o1. The molecule has 4 rings (SSSR count). The Hall–Kier alpha value is -2.92. The van der Waals surface area contributed by atoms with E-state index in [9.17, 15) is 9.59 Å². The molecule has 0 aliphatic carbocycles. The number of fused-ring (bicyclic) bond motifs is 2. The van der Waals surface area contributed by atoms with Gasteiger partial charge in [-0.25, -0.2) is 4.79 Å². The fourth-order valence-corrected chi connectivity index (χ4v) is 3.51. The number of esters is 1. The van der Waals surface area contributed by atoms with E-state index in [1.807, 2.05) is 29.6 Å². The maximum Gasteiger partial charge on any atom is 0.374 e. The molecule has 0 bridgehead atoms. The van der Waals surface area contributed by atoms with Crippen LogP contribution >= 0.6 is 11.3 Å². The van der Waals surface area contributed by atoms with Gasteiger partial charge in [0.05, 0.1) is 5.39 Å². The van der Waals surface area contributed by atoms with Gasteiger partial charge in [-0.1, -0.05) is 30.3 Å². The quantitative estimate of drug-likeness (QED) is 0.522. The lowest BCUT2D eigenvalue weighted by atomic mass is 10.2. The van der Waals surface area contributed by atoms with Crippen molar-refractivity contribution in [2.45, 2.75) is 6.61 Å². The highest BCUT2D eigenvalue weighted by Crippen LogP contribution is 2.26. The first-order valence-corrected chi connectivity index (χ1v) is 8.25. The van der Waals surface area contributed by atoms with Gasteiger partial charge in [-0.15, -0.1) is 11.3 Å². The molecule has 0 aliphatic rings. The third-order valence-electron chi connectivity index (χ3n) is 3.76. The molecule has 118 valence electrons. The van der Waals surface area contributed by atoms with Crippen molar-refractivity contribution >= 4 is 38.4 Å². The maximum atomic E-state index is 12.2. The number of benzene rings is 2. The summed E-state index contributed by atoms with van der Waals surface area (Å²) in [6, 6.07) is 15.9. The molecule has 0 saturated carbocycles. The van der Waals surface area contributed by atoms with E-state index in [0.717, 1.165) is 15.6 Å². The van der Waals surface area contributed by atoms with Crippen LogP contribution in [0.3, 0.4) is 0 Å². The average Bonchev–Trinajstić information content (AvgIpc) is 3.03. The zero-order chi connectivity index (χ0) is 16.5.